The molecule has 2 heterocycles. The van der Waals surface area contributed by atoms with Crippen molar-refractivity contribution in [1.82, 2.24) is 9.78 Å². The average Bonchev–Trinajstić information content (AvgIpc) is 2.43. The van der Waals surface area contributed by atoms with Gasteiger partial charge in [0.15, 0.2) is 0 Å². The highest BCUT2D eigenvalue weighted by Gasteiger charge is 2.20. The summed E-state index contributed by atoms with van der Waals surface area (Å²) in [7, 11) is 0. The topological polar surface area (TPSA) is 59.0 Å². The van der Waals surface area contributed by atoms with E-state index < -0.39 is 0 Å². The van der Waals surface area contributed by atoms with Crippen molar-refractivity contribution in [2.45, 2.75) is 20.4 Å². The van der Waals surface area contributed by atoms with Gasteiger partial charge >= 0.3 is 0 Å². The zero-order valence-corrected chi connectivity index (χ0v) is 7.72. The maximum absolute atomic E-state index is 11.1. The average molecular weight is 180 g/mol. The van der Waals surface area contributed by atoms with Crippen molar-refractivity contribution in [2.75, 3.05) is 17.2 Å². The van der Waals surface area contributed by atoms with E-state index in [2.05, 4.69) is 15.7 Å². The number of aromatic nitrogens is 2. The van der Waals surface area contributed by atoms with Crippen LogP contribution in [-0.2, 0) is 11.3 Å². The minimum Gasteiger partial charge on any atom is -0.359 e. The summed E-state index contributed by atoms with van der Waals surface area (Å²) < 4.78 is 1.85. The van der Waals surface area contributed by atoms with Gasteiger partial charge in [0.05, 0.1) is 12.2 Å². The number of rotatable bonds is 1. The van der Waals surface area contributed by atoms with Crippen LogP contribution in [0, 0.1) is 6.92 Å². The number of hydrogen-bond acceptors (Lipinski definition) is 3. The van der Waals surface area contributed by atoms with Gasteiger partial charge in [-0.1, -0.05) is 0 Å². The highest BCUT2D eigenvalue weighted by Crippen LogP contribution is 2.27. The van der Waals surface area contributed by atoms with Gasteiger partial charge in [0.25, 0.3) is 0 Å². The molecule has 0 atom stereocenters. The lowest BCUT2D eigenvalue weighted by Crippen LogP contribution is -2.28. The summed E-state index contributed by atoms with van der Waals surface area (Å²) >= 11 is 0. The zero-order chi connectivity index (χ0) is 9.42. The van der Waals surface area contributed by atoms with Crippen LogP contribution in [0.1, 0.15) is 12.6 Å². The maximum atomic E-state index is 11.1. The van der Waals surface area contributed by atoms with E-state index in [0.717, 1.165) is 23.7 Å². The summed E-state index contributed by atoms with van der Waals surface area (Å²) in [5, 5.41) is 10.1. The van der Waals surface area contributed by atoms with Crippen LogP contribution in [0.15, 0.2) is 0 Å². The van der Waals surface area contributed by atoms with Crippen LogP contribution in [0.4, 0.5) is 11.5 Å². The summed E-state index contributed by atoms with van der Waals surface area (Å²) in [5.74, 6) is 0.908. The van der Waals surface area contributed by atoms with Gasteiger partial charge in [-0.05, 0) is 13.8 Å². The minimum atomic E-state index is -0.00810. The fraction of sp³-hybridized carbons (Fsp3) is 0.500. The van der Waals surface area contributed by atoms with Gasteiger partial charge in [-0.25, -0.2) is 4.68 Å². The van der Waals surface area contributed by atoms with Crippen molar-refractivity contribution < 1.29 is 4.79 Å². The third-order valence-corrected chi connectivity index (χ3v) is 2.11. The van der Waals surface area contributed by atoms with E-state index in [1.807, 2.05) is 18.5 Å². The van der Waals surface area contributed by atoms with Gasteiger partial charge in [0, 0.05) is 6.54 Å². The molecule has 0 fully saturated rings. The first-order valence-electron chi connectivity index (χ1n) is 4.33. The molecule has 13 heavy (non-hydrogen) atoms. The maximum Gasteiger partial charge on any atom is 0.243 e. The molecule has 1 aromatic heterocycles. The Morgan fingerprint density at radius 2 is 2.38 bits per heavy atom. The van der Waals surface area contributed by atoms with E-state index in [9.17, 15) is 4.79 Å². The van der Waals surface area contributed by atoms with Crippen LogP contribution in [0.2, 0.25) is 0 Å². The summed E-state index contributed by atoms with van der Waals surface area (Å²) in [5.41, 5.74) is 1.68. The van der Waals surface area contributed by atoms with Crippen LogP contribution in [0.5, 0.6) is 0 Å². The molecule has 0 bridgehead atoms. The molecule has 0 saturated heterocycles. The Kier molecular flexibility index (Phi) is 1.72. The molecule has 1 aromatic rings. The molecule has 0 spiro atoms. The third kappa shape index (κ3) is 1.16. The number of anilines is 2. The van der Waals surface area contributed by atoms with Crippen LogP contribution < -0.4 is 10.6 Å². The van der Waals surface area contributed by atoms with Crippen molar-refractivity contribution in [3.05, 3.63) is 5.69 Å². The van der Waals surface area contributed by atoms with Crippen LogP contribution in [0.25, 0.3) is 0 Å². The van der Waals surface area contributed by atoms with Crippen molar-refractivity contribution >= 4 is 17.4 Å². The summed E-state index contributed by atoms with van der Waals surface area (Å²) in [4.78, 5) is 11.1. The lowest BCUT2D eigenvalue weighted by molar-refractivity contribution is -0.114. The predicted molar refractivity (Wildman–Crippen MR) is 49.8 cm³/mol. The van der Waals surface area contributed by atoms with E-state index in [4.69, 9.17) is 0 Å². The number of nitrogens with zero attached hydrogens (tertiary/aromatic N) is 2. The number of hydrogen-bond donors (Lipinski definition) is 2. The van der Waals surface area contributed by atoms with Crippen molar-refractivity contribution in [1.29, 1.82) is 0 Å². The van der Waals surface area contributed by atoms with E-state index >= 15 is 0 Å². The van der Waals surface area contributed by atoms with Gasteiger partial charge in [0.1, 0.15) is 11.5 Å². The van der Waals surface area contributed by atoms with Crippen molar-refractivity contribution in [3.8, 4) is 0 Å². The van der Waals surface area contributed by atoms with Gasteiger partial charge in [-0.2, -0.15) is 5.10 Å². The molecular formula is C8H12N4O. The second-order valence-electron chi connectivity index (χ2n) is 3.03. The quantitative estimate of drug-likeness (QED) is 0.664. The van der Waals surface area contributed by atoms with E-state index in [0.29, 0.717) is 6.54 Å². The smallest absolute Gasteiger partial charge is 0.243 e. The predicted octanol–water partition coefficient (Wildman–Crippen LogP) is 0.575. The summed E-state index contributed by atoms with van der Waals surface area (Å²) in [6, 6.07) is 0. The number of fused-ring (bicyclic) bond motifs is 1. The van der Waals surface area contributed by atoms with E-state index in [1.54, 1.807) is 0 Å². The number of nitrogens with one attached hydrogen (secondary N) is 2. The van der Waals surface area contributed by atoms with Gasteiger partial charge < -0.3 is 10.6 Å². The number of carbonyl (C=O) groups is 1. The van der Waals surface area contributed by atoms with E-state index in [-0.39, 0.29) is 5.91 Å². The molecule has 1 aliphatic rings. The molecule has 0 aliphatic carbocycles. The second kappa shape index (κ2) is 2.76. The summed E-state index contributed by atoms with van der Waals surface area (Å²) in [6.45, 7) is 5.04. The molecule has 5 heteroatoms. The molecular weight excluding hydrogens is 168 g/mol. The molecule has 1 amide bonds. The van der Waals surface area contributed by atoms with E-state index in [1.165, 1.54) is 0 Å². The normalized spacial score (nSPS) is 14.8. The molecule has 1 aliphatic heterocycles. The first kappa shape index (κ1) is 8.10. The molecule has 0 radical (unpaired) electrons. The van der Waals surface area contributed by atoms with Crippen molar-refractivity contribution in [2.24, 2.45) is 0 Å². The molecule has 2 rings (SSSR count). The van der Waals surface area contributed by atoms with Gasteiger partial charge in [0.2, 0.25) is 5.91 Å². The zero-order valence-electron chi connectivity index (χ0n) is 7.72. The van der Waals surface area contributed by atoms with Crippen LogP contribution in [-0.4, -0.2) is 22.2 Å². The largest absolute Gasteiger partial charge is 0.359 e. The molecule has 70 valence electrons. The Morgan fingerprint density at radius 1 is 1.62 bits per heavy atom. The molecule has 0 aromatic carbocycles. The Morgan fingerprint density at radius 3 is 3.08 bits per heavy atom. The van der Waals surface area contributed by atoms with Crippen molar-refractivity contribution in [3.63, 3.8) is 0 Å². The number of amides is 1. The SMILES string of the molecule is CCn1nc(C)c2c1NCC(=O)N2. The fourth-order valence-electron chi connectivity index (χ4n) is 1.49. The molecule has 0 unspecified atom stereocenters. The Labute approximate surface area is 76.1 Å². The molecule has 5 nitrogen and oxygen atoms in total. The van der Waals surface area contributed by atoms with Crippen LogP contribution in [0.3, 0.4) is 0 Å². The lowest BCUT2D eigenvalue weighted by atomic mass is 10.3. The van der Waals surface area contributed by atoms with Gasteiger partial charge in [-0.15, -0.1) is 0 Å². The minimum absolute atomic E-state index is 0.00810. The fourth-order valence-corrected chi connectivity index (χ4v) is 1.49. The standard InChI is InChI=1S/C8H12N4O/c1-3-12-8-7(5(2)11-12)10-6(13)4-9-8/h9H,3-4H2,1-2H3,(H,10,13). The number of aryl methyl sites for hydroxylation is 2. The Bertz CT molecular complexity index is 355. The monoisotopic (exact) mass is 180 g/mol. The number of carbonyl (C=O) groups excluding carboxylic acids is 1. The first-order valence-corrected chi connectivity index (χ1v) is 4.33. The highest BCUT2D eigenvalue weighted by molar-refractivity contribution is 6.00. The third-order valence-electron chi connectivity index (χ3n) is 2.11. The Hall–Kier alpha value is -1.52. The van der Waals surface area contributed by atoms with Gasteiger partial charge in [-0.3, -0.25) is 4.79 Å². The highest BCUT2D eigenvalue weighted by atomic mass is 16.2. The Balaban J connectivity index is 2.47. The molecule has 2 N–H and O–H groups in total. The lowest BCUT2D eigenvalue weighted by Gasteiger charge is -2.16. The summed E-state index contributed by atoms with van der Waals surface area (Å²) in [6.07, 6.45) is 0. The molecule has 0 saturated carbocycles. The second-order valence-corrected chi connectivity index (χ2v) is 3.03. The first-order chi connectivity index (χ1) is 6.22. The van der Waals surface area contributed by atoms with Crippen LogP contribution >= 0.6 is 0 Å².